The molecular weight excluding hydrogens is 244 g/mol. The smallest absolute Gasteiger partial charge is 0.184 e. The molecule has 0 spiro atoms. The van der Waals surface area contributed by atoms with E-state index < -0.39 is 0 Å². The van der Waals surface area contributed by atoms with E-state index in [2.05, 4.69) is 16.4 Å². The summed E-state index contributed by atoms with van der Waals surface area (Å²) in [6, 6.07) is 15.3. The third-order valence-electron chi connectivity index (χ3n) is 2.67. The van der Waals surface area contributed by atoms with E-state index in [-0.39, 0.29) is 0 Å². The molecular formula is C14H12N2OS. The van der Waals surface area contributed by atoms with Gasteiger partial charge in [0.2, 0.25) is 0 Å². The zero-order valence-corrected chi connectivity index (χ0v) is 10.4. The molecule has 3 aromatic rings. The van der Waals surface area contributed by atoms with Crippen molar-refractivity contribution in [2.75, 3.05) is 5.32 Å². The van der Waals surface area contributed by atoms with Crippen LogP contribution in [-0.2, 0) is 6.54 Å². The van der Waals surface area contributed by atoms with Crippen molar-refractivity contribution in [2.45, 2.75) is 6.54 Å². The molecule has 0 saturated heterocycles. The first-order chi connectivity index (χ1) is 8.81. The van der Waals surface area contributed by atoms with Crippen molar-refractivity contribution < 1.29 is 5.11 Å². The summed E-state index contributed by atoms with van der Waals surface area (Å²) in [5.74, 6) is 0.290. The SMILES string of the molecule is Oc1ccc(CNc2nc3ccccc3s2)cc1. The summed E-state index contributed by atoms with van der Waals surface area (Å²) < 4.78 is 1.19. The number of nitrogens with zero attached hydrogens (tertiary/aromatic N) is 1. The summed E-state index contributed by atoms with van der Waals surface area (Å²) in [6.45, 7) is 0.708. The Bertz CT molecular complexity index is 628. The van der Waals surface area contributed by atoms with Crippen LogP contribution in [0.2, 0.25) is 0 Å². The minimum atomic E-state index is 0.290. The number of aromatic nitrogens is 1. The summed E-state index contributed by atoms with van der Waals surface area (Å²) >= 11 is 1.65. The summed E-state index contributed by atoms with van der Waals surface area (Å²) in [4.78, 5) is 4.50. The average Bonchev–Trinajstić information content (AvgIpc) is 2.81. The maximum Gasteiger partial charge on any atom is 0.184 e. The fraction of sp³-hybridized carbons (Fsp3) is 0.0714. The van der Waals surface area contributed by atoms with E-state index in [1.807, 2.05) is 30.3 Å². The molecule has 1 aromatic heterocycles. The second-order valence-electron chi connectivity index (χ2n) is 4.01. The number of phenolic OH excluding ortho intramolecular Hbond substituents is 1. The molecule has 0 unspecified atom stereocenters. The number of phenols is 1. The maximum absolute atomic E-state index is 9.21. The fourth-order valence-corrected chi connectivity index (χ4v) is 2.60. The number of rotatable bonds is 3. The molecule has 3 rings (SSSR count). The van der Waals surface area contributed by atoms with E-state index in [4.69, 9.17) is 0 Å². The normalized spacial score (nSPS) is 10.7. The molecule has 2 aromatic carbocycles. The minimum Gasteiger partial charge on any atom is -0.508 e. The summed E-state index contributed by atoms with van der Waals surface area (Å²) in [6.07, 6.45) is 0. The van der Waals surface area contributed by atoms with Gasteiger partial charge in [0.05, 0.1) is 10.2 Å². The number of hydrogen-bond donors (Lipinski definition) is 2. The Labute approximate surface area is 109 Å². The van der Waals surface area contributed by atoms with Gasteiger partial charge in [-0.1, -0.05) is 35.6 Å². The van der Waals surface area contributed by atoms with Crippen LogP contribution in [0.4, 0.5) is 5.13 Å². The van der Waals surface area contributed by atoms with E-state index in [0.29, 0.717) is 12.3 Å². The molecule has 0 radical (unpaired) electrons. The van der Waals surface area contributed by atoms with Gasteiger partial charge in [-0.2, -0.15) is 0 Å². The number of aromatic hydroxyl groups is 1. The van der Waals surface area contributed by atoms with E-state index in [1.54, 1.807) is 23.5 Å². The van der Waals surface area contributed by atoms with Crippen LogP contribution in [0.25, 0.3) is 10.2 Å². The van der Waals surface area contributed by atoms with Crippen molar-refractivity contribution in [1.29, 1.82) is 0 Å². The highest BCUT2D eigenvalue weighted by molar-refractivity contribution is 7.22. The molecule has 0 atom stereocenters. The Balaban J connectivity index is 1.74. The van der Waals surface area contributed by atoms with E-state index >= 15 is 0 Å². The van der Waals surface area contributed by atoms with Crippen LogP contribution in [0, 0.1) is 0 Å². The van der Waals surface area contributed by atoms with Crippen LogP contribution >= 0.6 is 11.3 Å². The molecule has 3 nitrogen and oxygen atoms in total. The van der Waals surface area contributed by atoms with Gasteiger partial charge in [0.1, 0.15) is 5.75 Å². The highest BCUT2D eigenvalue weighted by Gasteiger charge is 2.02. The third kappa shape index (κ3) is 2.28. The lowest BCUT2D eigenvalue weighted by Crippen LogP contribution is -1.98. The molecule has 2 N–H and O–H groups in total. The van der Waals surface area contributed by atoms with Crippen molar-refractivity contribution in [3.8, 4) is 5.75 Å². The Morgan fingerprint density at radius 2 is 1.83 bits per heavy atom. The van der Waals surface area contributed by atoms with E-state index in [1.165, 1.54) is 4.70 Å². The van der Waals surface area contributed by atoms with Crippen LogP contribution in [0.1, 0.15) is 5.56 Å². The van der Waals surface area contributed by atoms with Crippen molar-refractivity contribution in [3.05, 3.63) is 54.1 Å². The molecule has 0 aliphatic rings. The fourth-order valence-electron chi connectivity index (χ4n) is 1.74. The monoisotopic (exact) mass is 256 g/mol. The molecule has 0 amide bonds. The zero-order valence-electron chi connectivity index (χ0n) is 9.63. The topological polar surface area (TPSA) is 45.1 Å². The maximum atomic E-state index is 9.21. The van der Waals surface area contributed by atoms with E-state index in [0.717, 1.165) is 16.2 Å². The Morgan fingerprint density at radius 3 is 2.61 bits per heavy atom. The molecule has 0 aliphatic heterocycles. The molecule has 0 saturated carbocycles. The predicted molar refractivity (Wildman–Crippen MR) is 75.1 cm³/mol. The van der Waals surface area contributed by atoms with Crippen molar-refractivity contribution in [3.63, 3.8) is 0 Å². The lowest BCUT2D eigenvalue weighted by Gasteiger charge is -2.02. The molecule has 18 heavy (non-hydrogen) atoms. The first-order valence-electron chi connectivity index (χ1n) is 5.68. The largest absolute Gasteiger partial charge is 0.508 e. The number of fused-ring (bicyclic) bond motifs is 1. The highest BCUT2D eigenvalue weighted by atomic mass is 32.1. The second kappa shape index (κ2) is 4.66. The number of nitrogens with one attached hydrogen (secondary N) is 1. The minimum absolute atomic E-state index is 0.290. The molecule has 0 aliphatic carbocycles. The van der Waals surface area contributed by atoms with Crippen LogP contribution < -0.4 is 5.32 Å². The Morgan fingerprint density at radius 1 is 1.06 bits per heavy atom. The van der Waals surface area contributed by atoms with Gasteiger partial charge in [0.15, 0.2) is 5.13 Å². The van der Waals surface area contributed by atoms with Crippen LogP contribution in [0.5, 0.6) is 5.75 Å². The van der Waals surface area contributed by atoms with Gasteiger partial charge in [-0.05, 0) is 29.8 Å². The van der Waals surface area contributed by atoms with Crippen LogP contribution in [-0.4, -0.2) is 10.1 Å². The lowest BCUT2D eigenvalue weighted by molar-refractivity contribution is 0.475. The molecule has 1 heterocycles. The Kier molecular flexibility index (Phi) is 2.86. The molecule has 4 heteroatoms. The number of thiazole rings is 1. The first-order valence-corrected chi connectivity index (χ1v) is 6.50. The second-order valence-corrected chi connectivity index (χ2v) is 5.04. The predicted octanol–water partition coefficient (Wildman–Crippen LogP) is 3.61. The van der Waals surface area contributed by atoms with Gasteiger partial charge in [0, 0.05) is 6.54 Å². The number of para-hydroxylation sites is 1. The van der Waals surface area contributed by atoms with Gasteiger partial charge < -0.3 is 10.4 Å². The number of anilines is 1. The summed E-state index contributed by atoms with van der Waals surface area (Å²) in [7, 11) is 0. The molecule has 90 valence electrons. The van der Waals surface area contributed by atoms with E-state index in [9.17, 15) is 5.11 Å². The third-order valence-corrected chi connectivity index (χ3v) is 3.67. The molecule has 0 fully saturated rings. The quantitative estimate of drug-likeness (QED) is 0.752. The van der Waals surface area contributed by atoms with Gasteiger partial charge in [-0.3, -0.25) is 0 Å². The van der Waals surface area contributed by atoms with Crippen molar-refractivity contribution in [1.82, 2.24) is 4.98 Å². The standard InChI is InChI=1S/C14H12N2OS/c17-11-7-5-10(6-8-11)9-15-14-16-12-3-1-2-4-13(12)18-14/h1-8,17H,9H2,(H,15,16). The molecule has 0 bridgehead atoms. The summed E-state index contributed by atoms with van der Waals surface area (Å²) in [5.41, 5.74) is 2.14. The zero-order chi connectivity index (χ0) is 12.4. The van der Waals surface area contributed by atoms with Gasteiger partial charge in [0.25, 0.3) is 0 Å². The number of hydrogen-bond acceptors (Lipinski definition) is 4. The number of benzene rings is 2. The van der Waals surface area contributed by atoms with Crippen LogP contribution in [0.3, 0.4) is 0 Å². The first kappa shape index (κ1) is 11.0. The summed E-state index contributed by atoms with van der Waals surface area (Å²) in [5, 5.41) is 13.4. The van der Waals surface area contributed by atoms with Crippen LogP contribution in [0.15, 0.2) is 48.5 Å². The lowest BCUT2D eigenvalue weighted by atomic mass is 10.2. The Hall–Kier alpha value is -2.07. The average molecular weight is 256 g/mol. The van der Waals surface area contributed by atoms with Gasteiger partial charge in [-0.25, -0.2) is 4.98 Å². The highest BCUT2D eigenvalue weighted by Crippen LogP contribution is 2.25. The van der Waals surface area contributed by atoms with Crippen molar-refractivity contribution in [2.24, 2.45) is 0 Å². The van der Waals surface area contributed by atoms with Gasteiger partial charge in [-0.15, -0.1) is 0 Å². The van der Waals surface area contributed by atoms with Crippen molar-refractivity contribution >= 4 is 26.7 Å². The van der Waals surface area contributed by atoms with Gasteiger partial charge >= 0.3 is 0 Å².